The standard InChI is InChI=1S/C12H10O5/c1-15-7-3-4-10(16-2)8(5-7)9-6-11(13)17-12(9)14/h3-6H,1-2H3. The highest BCUT2D eigenvalue weighted by molar-refractivity contribution is 6.28. The van der Waals surface area contributed by atoms with Crippen molar-refractivity contribution >= 4 is 17.5 Å². The van der Waals surface area contributed by atoms with Gasteiger partial charge in [-0.2, -0.15) is 0 Å². The molecule has 0 N–H and O–H groups in total. The normalized spacial score (nSPS) is 14.4. The van der Waals surface area contributed by atoms with Crippen LogP contribution in [0.15, 0.2) is 24.3 Å². The molecule has 0 amide bonds. The molecule has 1 aromatic rings. The number of hydrogen-bond donors (Lipinski definition) is 0. The SMILES string of the molecule is COc1ccc(OC)c(C2=CC(=O)OC2=O)c1. The van der Waals surface area contributed by atoms with Crippen LogP contribution in [0, 0.1) is 0 Å². The zero-order valence-electron chi connectivity index (χ0n) is 9.35. The van der Waals surface area contributed by atoms with Crippen LogP contribution in [0.4, 0.5) is 0 Å². The minimum atomic E-state index is -0.679. The summed E-state index contributed by atoms with van der Waals surface area (Å²) in [5, 5.41) is 0. The van der Waals surface area contributed by atoms with Crippen LogP contribution in [0.3, 0.4) is 0 Å². The number of esters is 2. The third kappa shape index (κ3) is 1.99. The molecule has 1 aliphatic heterocycles. The van der Waals surface area contributed by atoms with Gasteiger partial charge >= 0.3 is 11.9 Å². The number of hydrogen-bond acceptors (Lipinski definition) is 5. The Kier molecular flexibility index (Phi) is 2.82. The number of ether oxygens (including phenoxy) is 3. The van der Waals surface area contributed by atoms with Gasteiger partial charge in [-0.1, -0.05) is 0 Å². The predicted octanol–water partition coefficient (Wildman–Crippen LogP) is 1.17. The number of rotatable bonds is 3. The predicted molar refractivity (Wildman–Crippen MR) is 58.6 cm³/mol. The highest BCUT2D eigenvalue weighted by atomic mass is 16.6. The van der Waals surface area contributed by atoms with Gasteiger partial charge < -0.3 is 14.2 Å². The monoisotopic (exact) mass is 234 g/mol. The highest BCUT2D eigenvalue weighted by Gasteiger charge is 2.27. The summed E-state index contributed by atoms with van der Waals surface area (Å²) in [6, 6.07) is 4.97. The van der Waals surface area contributed by atoms with Crippen molar-refractivity contribution in [2.45, 2.75) is 0 Å². The van der Waals surface area contributed by atoms with Crippen LogP contribution < -0.4 is 9.47 Å². The number of carbonyl (C=O) groups is 2. The van der Waals surface area contributed by atoms with Gasteiger partial charge in [0.15, 0.2) is 0 Å². The topological polar surface area (TPSA) is 61.8 Å². The molecule has 0 radical (unpaired) electrons. The van der Waals surface area contributed by atoms with E-state index < -0.39 is 11.9 Å². The highest BCUT2D eigenvalue weighted by Crippen LogP contribution is 2.32. The Bertz CT molecular complexity index is 516. The van der Waals surface area contributed by atoms with E-state index in [1.54, 1.807) is 18.2 Å². The first-order valence-corrected chi connectivity index (χ1v) is 4.86. The second-order valence-electron chi connectivity index (χ2n) is 3.33. The second-order valence-corrected chi connectivity index (χ2v) is 3.33. The van der Waals surface area contributed by atoms with E-state index in [0.29, 0.717) is 17.1 Å². The van der Waals surface area contributed by atoms with Gasteiger partial charge in [0, 0.05) is 11.6 Å². The molecule has 0 spiro atoms. The van der Waals surface area contributed by atoms with E-state index in [0.717, 1.165) is 6.08 Å². The molecule has 0 saturated carbocycles. The Morgan fingerprint density at radius 2 is 1.88 bits per heavy atom. The maximum atomic E-state index is 11.4. The maximum absolute atomic E-state index is 11.4. The van der Waals surface area contributed by atoms with Crippen LogP contribution in [-0.2, 0) is 14.3 Å². The third-order valence-corrected chi connectivity index (χ3v) is 2.37. The summed E-state index contributed by atoms with van der Waals surface area (Å²) in [4.78, 5) is 22.4. The van der Waals surface area contributed by atoms with Gasteiger partial charge in [0.1, 0.15) is 11.5 Å². The fourth-order valence-electron chi connectivity index (χ4n) is 1.56. The lowest BCUT2D eigenvalue weighted by Gasteiger charge is -2.09. The van der Waals surface area contributed by atoms with Crippen LogP contribution in [0.2, 0.25) is 0 Å². The van der Waals surface area contributed by atoms with E-state index in [-0.39, 0.29) is 5.57 Å². The number of carbonyl (C=O) groups excluding carboxylic acids is 2. The van der Waals surface area contributed by atoms with E-state index in [1.807, 2.05) is 0 Å². The zero-order chi connectivity index (χ0) is 12.4. The molecule has 0 atom stereocenters. The van der Waals surface area contributed by atoms with Crippen molar-refractivity contribution in [1.82, 2.24) is 0 Å². The van der Waals surface area contributed by atoms with Gasteiger partial charge in [0.2, 0.25) is 0 Å². The van der Waals surface area contributed by atoms with Crippen molar-refractivity contribution in [3.63, 3.8) is 0 Å². The summed E-state index contributed by atoms with van der Waals surface area (Å²) in [7, 11) is 2.99. The minimum Gasteiger partial charge on any atom is -0.497 e. The van der Waals surface area contributed by atoms with Crippen molar-refractivity contribution < 1.29 is 23.8 Å². The van der Waals surface area contributed by atoms with Crippen molar-refractivity contribution in [2.75, 3.05) is 14.2 Å². The van der Waals surface area contributed by atoms with Gasteiger partial charge in [-0.25, -0.2) is 9.59 Å². The van der Waals surface area contributed by atoms with Crippen molar-refractivity contribution in [2.24, 2.45) is 0 Å². The third-order valence-electron chi connectivity index (χ3n) is 2.37. The van der Waals surface area contributed by atoms with Crippen LogP contribution in [0.1, 0.15) is 5.56 Å². The molecular formula is C12H10O5. The molecule has 0 aromatic heterocycles. The molecule has 5 heteroatoms. The Morgan fingerprint density at radius 3 is 2.41 bits per heavy atom. The van der Waals surface area contributed by atoms with Gasteiger partial charge in [-0.15, -0.1) is 0 Å². The number of cyclic esters (lactones) is 2. The van der Waals surface area contributed by atoms with Gasteiger partial charge in [0.25, 0.3) is 0 Å². The summed E-state index contributed by atoms with van der Waals surface area (Å²) >= 11 is 0. The fraction of sp³-hybridized carbons (Fsp3) is 0.167. The lowest BCUT2D eigenvalue weighted by molar-refractivity contribution is -0.149. The first-order valence-electron chi connectivity index (χ1n) is 4.86. The van der Waals surface area contributed by atoms with E-state index >= 15 is 0 Å². The Morgan fingerprint density at radius 1 is 1.12 bits per heavy atom. The van der Waals surface area contributed by atoms with Crippen molar-refractivity contribution in [1.29, 1.82) is 0 Å². The second kappa shape index (κ2) is 4.29. The fourth-order valence-corrected chi connectivity index (χ4v) is 1.56. The van der Waals surface area contributed by atoms with Crippen LogP contribution in [0.25, 0.3) is 5.57 Å². The summed E-state index contributed by atoms with van der Waals surface area (Å²) in [5.41, 5.74) is 0.647. The lowest BCUT2D eigenvalue weighted by Crippen LogP contribution is -2.02. The summed E-state index contributed by atoms with van der Waals surface area (Å²) in [6.45, 7) is 0. The zero-order valence-corrected chi connectivity index (χ0v) is 9.35. The van der Waals surface area contributed by atoms with Crippen LogP contribution in [0.5, 0.6) is 11.5 Å². The quantitative estimate of drug-likeness (QED) is 0.580. The molecule has 1 aliphatic rings. The van der Waals surface area contributed by atoms with Gasteiger partial charge in [-0.05, 0) is 18.2 Å². The molecule has 0 unspecified atom stereocenters. The average molecular weight is 234 g/mol. The van der Waals surface area contributed by atoms with Crippen LogP contribution >= 0.6 is 0 Å². The van der Waals surface area contributed by atoms with E-state index in [2.05, 4.69) is 4.74 Å². The Balaban J connectivity index is 2.53. The minimum absolute atomic E-state index is 0.172. The molecule has 0 fully saturated rings. The first kappa shape index (κ1) is 11.2. The summed E-state index contributed by atoms with van der Waals surface area (Å²) in [6.07, 6.45) is 1.14. The lowest BCUT2D eigenvalue weighted by atomic mass is 10.1. The summed E-state index contributed by atoms with van der Waals surface area (Å²) < 4.78 is 14.6. The van der Waals surface area contributed by atoms with E-state index in [1.165, 1.54) is 14.2 Å². The van der Waals surface area contributed by atoms with Gasteiger partial charge in [0.05, 0.1) is 19.8 Å². The average Bonchev–Trinajstić information content (AvgIpc) is 2.67. The summed E-state index contributed by atoms with van der Waals surface area (Å²) in [5.74, 6) is -0.311. The van der Waals surface area contributed by atoms with E-state index in [9.17, 15) is 9.59 Å². The molecule has 5 nitrogen and oxygen atoms in total. The molecular weight excluding hydrogens is 224 g/mol. The number of methoxy groups -OCH3 is 2. The van der Waals surface area contributed by atoms with Crippen molar-refractivity contribution in [3.8, 4) is 11.5 Å². The molecule has 17 heavy (non-hydrogen) atoms. The van der Waals surface area contributed by atoms with Gasteiger partial charge in [-0.3, -0.25) is 0 Å². The first-order chi connectivity index (χ1) is 8.15. The molecule has 0 bridgehead atoms. The largest absolute Gasteiger partial charge is 0.497 e. The van der Waals surface area contributed by atoms with Crippen LogP contribution in [-0.4, -0.2) is 26.2 Å². The molecule has 0 saturated heterocycles. The Hall–Kier alpha value is -2.30. The van der Waals surface area contributed by atoms with Crippen molar-refractivity contribution in [3.05, 3.63) is 29.8 Å². The Labute approximate surface area is 97.6 Å². The molecule has 1 aromatic carbocycles. The van der Waals surface area contributed by atoms with E-state index in [4.69, 9.17) is 9.47 Å². The molecule has 0 aliphatic carbocycles. The molecule has 2 rings (SSSR count). The molecule has 88 valence electrons. The number of benzene rings is 1. The smallest absolute Gasteiger partial charge is 0.347 e. The molecule has 1 heterocycles. The maximum Gasteiger partial charge on any atom is 0.347 e.